The van der Waals surface area contributed by atoms with Crippen molar-refractivity contribution in [1.29, 1.82) is 0 Å². The van der Waals surface area contributed by atoms with Crippen LogP contribution in [0.25, 0.3) is 0 Å². The van der Waals surface area contributed by atoms with E-state index >= 15 is 0 Å². The third-order valence-electron chi connectivity index (χ3n) is 5.94. The second-order valence-corrected chi connectivity index (χ2v) is 7.91. The molecule has 1 aliphatic carbocycles. The number of hydrogen-bond donors (Lipinski definition) is 2. The number of piperazine rings is 1. The maximum absolute atomic E-state index is 13.1. The maximum atomic E-state index is 13.1. The van der Waals surface area contributed by atoms with Gasteiger partial charge in [-0.05, 0) is 29.9 Å². The van der Waals surface area contributed by atoms with Gasteiger partial charge in [0.15, 0.2) is 0 Å². The van der Waals surface area contributed by atoms with Crippen LogP contribution in [0.1, 0.15) is 56.6 Å². The van der Waals surface area contributed by atoms with Crippen LogP contribution < -0.4 is 10.6 Å². The van der Waals surface area contributed by atoms with Gasteiger partial charge >= 0.3 is 0 Å². The van der Waals surface area contributed by atoms with Gasteiger partial charge in [-0.2, -0.15) is 0 Å². The summed E-state index contributed by atoms with van der Waals surface area (Å²) in [6.45, 7) is 10.4. The molecule has 1 heterocycles. The van der Waals surface area contributed by atoms with Crippen molar-refractivity contribution in [3.05, 3.63) is 35.4 Å². The van der Waals surface area contributed by atoms with Gasteiger partial charge in [0.05, 0.1) is 5.41 Å². The standard InChI is InChI=1S/C21H33N3O/c1-17(2)18-5-7-19(8-6-18)21(9-3-4-10-21)20(25)23-13-16-24-14-11-22-12-15-24/h5-8,17,22H,3-4,9-16H2,1-2H3,(H,23,25). The zero-order chi connectivity index (χ0) is 17.7. The first-order chi connectivity index (χ1) is 12.1. The van der Waals surface area contributed by atoms with E-state index in [4.69, 9.17) is 0 Å². The SMILES string of the molecule is CC(C)c1ccc(C2(C(=O)NCCN3CCNCC3)CCCC2)cc1. The zero-order valence-electron chi connectivity index (χ0n) is 15.8. The molecule has 4 heteroatoms. The molecule has 1 amide bonds. The molecule has 0 bridgehead atoms. The summed E-state index contributed by atoms with van der Waals surface area (Å²) in [5.74, 6) is 0.763. The fourth-order valence-corrected chi connectivity index (χ4v) is 4.24. The van der Waals surface area contributed by atoms with Crippen LogP contribution in [0.3, 0.4) is 0 Å². The summed E-state index contributed by atoms with van der Waals surface area (Å²) >= 11 is 0. The number of benzene rings is 1. The summed E-state index contributed by atoms with van der Waals surface area (Å²) in [6.07, 6.45) is 4.26. The highest BCUT2D eigenvalue weighted by atomic mass is 16.2. The predicted octanol–water partition coefficient (Wildman–Crippen LogP) is 2.64. The summed E-state index contributed by atoms with van der Waals surface area (Å²) in [6, 6.07) is 8.79. The monoisotopic (exact) mass is 343 g/mol. The van der Waals surface area contributed by atoms with Gasteiger partial charge in [-0.3, -0.25) is 9.69 Å². The largest absolute Gasteiger partial charge is 0.354 e. The molecule has 138 valence electrons. The summed E-state index contributed by atoms with van der Waals surface area (Å²) < 4.78 is 0. The second kappa shape index (κ2) is 8.33. The number of nitrogens with zero attached hydrogens (tertiary/aromatic N) is 1. The molecule has 1 saturated carbocycles. The summed E-state index contributed by atoms with van der Waals surface area (Å²) in [5.41, 5.74) is 2.24. The molecule has 0 unspecified atom stereocenters. The lowest BCUT2D eigenvalue weighted by Gasteiger charge is -2.30. The molecule has 2 N–H and O–H groups in total. The number of amides is 1. The Morgan fingerprint density at radius 1 is 1.16 bits per heavy atom. The molecular weight excluding hydrogens is 310 g/mol. The summed E-state index contributed by atoms with van der Waals surface area (Å²) in [7, 11) is 0. The van der Waals surface area contributed by atoms with E-state index in [1.165, 1.54) is 11.1 Å². The van der Waals surface area contributed by atoms with E-state index in [-0.39, 0.29) is 11.3 Å². The highest BCUT2D eigenvalue weighted by Crippen LogP contribution is 2.41. The Kier molecular flexibility index (Phi) is 6.13. The predicted molar refractivity (Wildman–Crippen MR) is 103 cm³/mol. The van der Waals surface area contributed by atoms with E-state index < -0.39 is 0 Å². The minimum absolute atomic E-state index is 0.234. The second-order valence-electron chi connectivity index (χ2n) is 7.91. The Bertz CT molecular complexity index is 555. The molecule has 0 radical (unpaired) electrons. The van der Waals surface area contributed by atoms with Gasteiger partial charge < -0.3 is 10.6 Å². The molecule has 0 spiro atoms. The average Bonchev–Trinajstić information content (AvgIpc) is 3.14. The molecule has 1 saturated heterocycles. The summed E-state index contributed by atoms with van der Waals surface area (Å²) in [5, 5.41) is 6.62. The van der Waals surface area contributed by atoms with Crippen LogP contribution in [-0.4, -0.2) is 50.1 Å². The van der Waals surface area contributed by atoms with Gasteiger partial charge in [-0.15, -0.1) is 0 Å². The van der Waals surface area contributed by atoms with E-state index in [1.807, 2.05) is 0 Å². The van der Waals surface area contributed by atoms with Crippen LogP contribution in [0.5, 0.6) is 0 Å². The van der Waals surface area contributed by atoms with E-state index in [2.05, 4.69) is 53.6 Å². The van der Waals surface area contributed by atoms with E-state index in [1.54, 1.807) is 0 Å². The Balaban J connectivity index is 1.63. The fourth-order valence-electron chi connectivity index (χ4n) is 4.24. The van der Waals surface area contributed by atoms with Crippen LogP contribution in [0.4, 0.5) is 0 Å². The van der Waals surface area contributed by atoms with E-state index in [0.29, 0.717) is 5.92 Å². The van der Waals surface area contributed by atoms with Gasteiger partial charge in [0.25, 0.3) is 0 Å². The van der Waals surface area contributed by atoms with Crippen molar-refractivity contribution in [2.24, 2.45) is 0 Å². The lowest BCUT2D eigenvalue weighted by Crippen LogP contribution is -2.48. The van der Waals surface area contributed by atoms with Crippen molar-refractivity contribution < 1.29 is 4.79 Å². The molecule has 1 aliphatic heterocycles. The minimum Gasteiger partial charge on any atom is -0.354 e. The molecule has 1 aromatic rings. The molecule has 3 rings (SSSR count). The van der Waals surface area contributed by atoms with Crippen molar-refractivity contribution in [1.82, 2.24) is 15.5 Å². The Morgan fingerprint density at radius 2 is 1.80 bits per heavy atom. The smallest absolute Gasteiger partial charge is 0.230 e. The number of carbonyl (C=O) groups is 1. The molecular formula is C21H33N3O. The van der Waals surface area contributed by atoms with Crippen molar-refractivity contribution in [2.75, 3.05) is 39.3 Å². The van der Waals surface area contributed by atoms with E-state index in [0.717, 1.165) is 65.0 Å². The molecule has 0 atom stereocenters. The Labute approximate surface area is 152 Å². The molecule has 4 nitrogen and oxygen atoms in total. The van der Waals surface area contributed by atoms with Gasteiger partial charge in [-0.1, -0.05) is 51.0 Å². The maximum Gasteiger partial charge on any atom is 0.230 e. The van der Waals surface area contributed by atoms with Gasteiger partial charge in [-0.25, -0.2) is 0 Å². The zero-order valence-corrected chi connectivity index (χ0v) is 15.8. The van der Waals surface area contributed by atoms with Crippen LogP contribution in [0.15, 0.2) is 24.3 Å². The average molecular weight is 344 g/mol. The quantitative estimate of drug-likeness (QED) is 0.835. The molecule has 2 aliphatic rings. The third-order valence-corrected chi connectivity index (χ3v) is 5.94. The first-order valence-electron chi connectivity index (χ1n) is 9.94. The molecule has 0 aromatic heterocycles. The lowest BCUT2D eigenvalue weighted by molar-refractivity contribution is -0.126. The van der Waals surface area contributed by atoms with Crippen LogP contribution in [0.2, 0.25) is 0 Å². The van der Waals surface area contributed by atoms with Gasteiger partial charge in [0.1, 0.15) is 0 Å². The Hall–Kier alpha value is -1.39. The first-order valence-corrected chi connectivity index (χ1v) is 9.94. The van der Waals surface area contributed by atoms with Crippen LogP contribution in [-0.2, 0) is 10.2 Å². The van der Waals surface area contributed by atoms with E-state index in [9.17, 15) is 4.79 Å². The van der Waals surface area contributed by atoms with Crippen molar-refractivity contribution >= 4 is 5.91 Å². The van der Waals surface area contributed by atoms with Gasteiger partial charge in [0.2, 0.25) is 5.91 Å². The normalized spacial score (nSPS) is 20.8. The molecule has 1 aromatic carbocycles. The topological polar surface area (TPSA) is 44.4 Å². The minimum atomic E-state index is -0.307. The highest BCUT2D eigenvalue weighted by molar-refractivity contribution is 5.88. The van der Waals surface area contributed by atoms with Crippen molar-refractivity contribution in [3.63, 3.8) is 0 Å². The molecule has 2 fully saturated rings. The molecule has 25 heavy (non-hydrogen) atoms. The van der Waals surface area contributed by atoms with Crippen LogP contribution in [0, 0.1) is 0 Å². The van der Waals surface area contributed by atoms with Crippen molar-refractivity contribution in [3.8, 4) is 0 Å². The highest BCUT2D eigenvalue weighted by Gasteiger charge is 2.42. The summed E-state index contributed by atoms with van der Waals surface area (Å²) in [4.78, 5) is 15.5. The Morgan fingerprint density at radius 3 is 2.40 bits per heavy atom. The third kappa shape index (κ3) is 4.24. The number of carbonyl (C=O) groups excluding carboxylic acids is 1. The van der Waals surface area contributed by atoms with Gasteiger partial charge in [0, 0.05) is 39.3 Å². The lowest BCUT2D eigenvalue weighted by atomic mass is 9.77. The first kappa shape index (κ1) is 18.4. The van der Waals surface area contributed by atoms with Crippen LogP contribution >= 0.6 is 0 Å². The number of nitrogens with one attached hydrogen (secondary N) is 2. The van der Waals surface area contributed by atoms with Crippen molar-refractivity contribution in [2.45, 2.75) is 50.9 Å². The fraction of sp³-hybridized carbons (Fsp3) is 0.667. The number of hydrogen-bond acceptors (Lipinski definition) is 3. The number of rotatable bonds is 6.